The van der Waals surface area contributed by atoms with Crippen molar-refractivity contribution >= 4 is 23.3 Å². The van der Waals surface area contributed by atoms with Crippen LogP contribution in [0.4, 0.5) is 10.1 Å². The summed E-state index contributed by atoms with van der Waals surface area (Å²) in [6.07, 6.45) is 9.35. The summed E-state index contributed by atoms with van der Waals surface area (Å²) in [5.74, 6) is 0.527. The lowest BCUT2D eigenvalue weighted by Crippen LogP contribution is -1.96. The fourth-order valence-corrected chi connectivity index (χ4v) is 3.22. The van der Waals surface area contributed by atoms with E-state index in [9.17, 15) is 4.39 Å². The maximum Gasteiger partial charge on any atom is 0.125 e. The Balaban J connectivity index is 1.90. The number of nitrogens with zero attached hydrogens (tertiary/aromatic N) is 2. The number of hydrogen-bond donors (Lipinski definition) is 1. The number of aryl methyl sites for hydroxylation is 2. The first kappa shape index (κ1) is 23.3. The molecule has 30 heavy (non-hydrogen) atoms. The SMILES string of the molecule is C/C=C(/CCc1ccc(F)cc1)N=C(C)N=CCC/C(=C\C)c1cc(C)ccc1N. The van der Waals surface area contributed by atoms with Gasteiger partial charge in [-0.3, -0.25) is 0 Å². The van der Waals surface area contributed by atoms with E-state index in [4.69, 9.17) is 5.73 Å². The Morgan fingerprint density at radius 1 is 1.03 bits per heavy atom. The van der Waals surface area contributed by atoms with Crippen LogP contribution in [0.5, 0.6) is 0 Å². The van der Waals surface area contributed by atoms with Crippen molar-refractivity contribution < 1.29 is 4.39 Å². The highest BCUT2D eigenvalue weighted by atomic mass is 19.1. The summed E-state index contributed by atoms with van der Waals surface area (Å²) in [6.45, 7) is 8.00. The fourth-order valence-electron chi connectivity index (χ4n) is 3.22. The predicted octanol–water partition coefficient (Wildman–Crippen LogP) is 6.93. The van der Waals surface area contributed by atoms with E-state index < -0.39 is 0 Å². The molecule has 0 aliphatic carbocycles. The minimum atomic E-state index is -0.209. The van der Waals surface area contributed by atoms with E-state index in [1.807, 2.05) is 57.3 Å². The van der Waals surface area contributed by atoms with Crippen molar-refractivity contribution in [1.29, 1.82) is 0 Å². The monoisotopic (exact) mass is 405 g/mol. The maximum absolute atomic E-state index is 13.0. The molecule has 0 heterocycles. The molecule has 4 heteroatoms. The molecule has 0 bridgehead atoms. The van der Waals surface area contributed by atoms with Gasteiger partial charge in [0.15, 0.2) is 0 Å². The number of rotatable bonds is 8. The third kappa shape index (κ3) is 7.43. The first-order chi connectivity index (χ1) is 14.4. The number of hydrogen-bond acceptors (Lipinski definition) is 2. The molecule has 0 atom stereocenters. The van der Waals surface area contributed by atoms with Gasteiger partial charge < -0.3 is 5.73 Å². The second-order valence-corrected chi connectivity index (χ2v) is 7.32. The summed E-state index contributed by atoms with van der Waals surface area (Å²) in [6, 6.07) is 12.7. The largest absolute Gasteiger partial charge is 0.398 e. The van der Waals surface area contributed by atoms with Gasteiger partial charge in [0.2, 0.25) is 0 Å². The van der Waals surface area contributed by atoms with Gasteiger partial charge in [-0.2, -0.15) is 0 Å². The van der Waals surface area contributed by atoms with Crippen LogP contribution in [0.1, 0.15) is 56.7 Å². The zero-order valence-electron chi connectivity index (χ0n) is 18.5. The molecule has 2 rings (SSSR count). The second-order valence-electron chi connectivity index (χ2n) is 7.32. The highest BCUT2D eigenvalue weighted by Gasteiger charge is 2.05. The second kappa shape index (κ2) is 11.9. The van der Waals surface area contributed by atoms with Gasteiger partial charge in [-0.05, 0) is 88.8 Å². The smallest absolute Gasteiger partial charge is 0.125 e. The summed E-state index contributed by atoms with van der Waals surface area (Å²) < 4.78 is 13.0. The number of aliphatic imine (C=N–C) groups is 2. The van der Waals surface area contributed by atoms with Crippen LogP contribution in [0.25, 0.3) is 5.57 Å². The van der Waals surface area contributed by atoms with Crippen molar-refractivity contribution in [2.45, 2.75) is 53.4 Å². The van der Waals surface area contributed by atoms with E-state index >= 15 is 0 Å². The fraction of sp³-hybridized carbons (Fsp3) is 0.308. The van der Waals surface area contributed by atoms with Crippen LogP contribution in [0, 0.1) is 12.7 Å². The van der Waals surface area contributed by atoms with Crippen LogP contribution < -0.4 is 5.73 Å². The Morgan fingerprint density at radius 2 is 1.77 bits per heavy atom. The molecule has 2 aromatic carbocycles. The summed E-state index contributed by atoms with van der Waals surface area (Å²) in [7, 11) is 0. The summed E-state index contributed by atoms with van der Waals surface area (Å²) in [4.78, 5) is 9.11. The number of anilines is 1. The molecular weight excluding hydrogens is 373 g/mol. The van der Waals surface area contributed by atoms with Crippen LogP contribution in [-0.4, -0.2) is 12.1 Å². The van der Waals surface area contributed by atoms with Gasteiger partial charge >= 0.3 is 0 Å². The molecule has 0 aromatic heterocycles. The molecule has 0 amide bonds. The lowest BCUT2D eigenvalue weighted by molar-refractivity contribution is 0.627. The topological polar surface area (TPSA) is 50.7 Å². The summed E-state index contributed by atoms with van der Waals surface area (Å²) in [5.41, 5.74) is 12.6. The molecule has 158 valence electrons. The Labute approximate surface area is 180 Å². The van der Waals surface area contributed by atoms with Crippen molar-refractivity contribution in [2.24, 2.45) is 9.98 Å². The Kier molecular flexibility index (Phi) is 9.20. The quantitative estimate of drug-likeness (QED) is 0.289. The minimum absolute atomic E-state index is 0.209. The molecule has 0 spiro atoms. The molecule has 0 aliphatic rings. The standard InChI is InChI=1S/C26H32FN3/c1-5-22(25-18-19(3)9-16-26(25)28)8-7-17-29-20(4)30-24(6-2)15-12-21-10-13-23(27)14-11-21/h5-6,9-11,13-14,16-18H,7-8,12,15,28H2,1-4H3/b22-5+,24-6-,29-17?,30-20?. The van der Waals surface area contributed by atoms with Crippen LogP contribution in [0.3, 0.4) is 0 Å². The van der Waals surface area contributed by atoms with E-state index in [2.05, 4.69) is 29.1 Å². The summed E-state index contributed by atoms with van der Waals surface area (Å²) >= 11 is 0. The number of halogens is 1. The average molecular weight is 406 g/mol. The van der Waals surface area contributed by atoms with Crippen LogP contribution in [0.2, 0.25) is 0 Å². The van der Waals surface area contributed by atoms with Crippen molar-refractivity contribution in [3.8, 4) is 0 Å². The van der Waals surface area contributed by atoms with E-state index in [1.165, 1.54) is 23.3 Å². The number of allylic oxidation sites excluding steroid dienone is 4. The van der Waals surface area contributed by atoms with Crippen molar-refractivity contribution in [2.75, 3.05) is 5.73 Å². The first-order valence-electron chi connectivity index (χ1n) is 10.4. The molecule has 2 N–H and O–H groups in total. The summed E-state index contributed by atoms with van der Waals surface area (Å²) in [5, 5.41) is 0. The van der Waals surface area contributed by atoms with Gasteiger partial charge in [0.1, 0.15) is 11.7 Å². The number of amidine groups is 1. The highest BCUT2D eigenvalue weighted by molar-refractivity contribution is 5.88. The first-order valence-corrected chi connectivity index (χ1v) is 10.4. The van der Waals surface area contributed by atoms with Crippen molar-refractivity contribution in [3.63, 3.8) is 0 Å². The average Bonchev–Trinajstić information content (AvgIpc) is 2.74. The molecule has 0 saturated heterocycles. The molecule has 0 unspecified atom stereocenters. The zero-order chi connectivity index (χ0) is 21.9. The molecule has 0 aliphatic heterocycles. The number of nitrogen functional groups attached to an aromatic ring is 1. The normalized spacial score (nSPS) is 13.3. The predicted molar refractivity (Wildman–Crippen MR) is 129 cm³/mol. The molecular formula is C26H32FN3. The third-order valence-corrected chi connectivity index (χ3v) is 4.95. The van der Waals surface area contributed by atoms with Crippen molar-refractivity contribution in [1.82, 2.24) is 0 Å². The molecule has 0 saturated carbocycles. The van der Waals surface area contributed by atoms with E-state index in [0.717, 1.165) is 54.0 Å². The molecule has 0 fully saturated rings. The maximum atomic E-state index is 13.0. The van der Waals surface area contributed by atoms with E-state index in [1.54, 1.807) is 0 Å². The minimum Gasteiger partial charge on any atom is -0.398 e. The lowest BCUT2D eigenvalue weighted by Gasteiger charge is -2.10. The van der Waals surface area contributed by atoms with Gasteiger partial charge in [-0.25, -0.2) is 14.4 Å². The van der Waals surface area contributed by atoms with Crippen molar-refractivity contribution in [3.05, 3.63) is 82.8 Å². The molecule has 2 aromatic rings. The third-order valence-electron chi connectivity index (χ3n) is 4.95. The van der Waals surface area contributed by atoms with Crippen LogP contribution in [0.15, 0.2) is 70.3 Å². The van der Waals surface area contributed by atoms with Crippen LogP contribution >= 0.6 is 0 Å². The molecule has 3 nitrogen and oxygen atoms in total. The molecule has 0 radical (unpaired) electrons. The number of benzene rings is 2. The van der Waals surface area contributed by atoms with Gasteiger partial charge in [0.05, 0.1) is 0 Å². The Morgan fingerprint density at radius 3 is 2.43 bits per heavy atom. The van der Waals surface area contributed by atoms with E-state index in [-0.39, 0.29) is 5.82 Å². The van der Waals surface area contributed by atoms with E-state index in [0.29, 0.717) is 0 Å². The number of nitrogens with two attached hydrogens (primary N) is 1. The highest BCUT2D eigenvalue weighted by Crippen LogP contribution is 2.26. The van der Waals surface area contributed by atoms with Gasteiger partial charge in [0.25, 0.3) is 0 Å². The zero-order valence-corrected chi connectivity index (χ0v) is 18.5. The Bertz CT molecular complexity index is 951. The Hall–Kier alpha value is -3.01. The van der Waals surface area contributed by atoms with Gasteiger partial charge in [0, 0.05) is 23.2 Å². The van der Waals surface area contributed by atoms with Gasteiger partial charge in [-0.15, -0.1) is 0 Å². The van der Waals surface area contributed by atoms with Gasteiger partial charge in [-0.1, -0.05) is 35.9 Å². The lowest BCUT2D eigenvalue weighted by atomic mass is 9.98. The van der Waals surface area contributed by atoms with Crippen LogP contribution in [-0.2, 0) is 6.42 Å².